The highest BCUT2D eigenvalue weighted by Crippen LogP contribution is 2.51. The zero-order chi connectivity index (χ0) is 94.0. The fraction of sp³-hybridized carbons (Fsp3) is 0.301. The van der Waals surface area contributed by atoms with Gasteiger partial charge in [-0.05, 0) is 132 Å². The topological polar surface area (TPSA) is 522 Å². The predicted octanol–water partition coefficient (Wildman–Crippen LogP) is 9.75. The number of thioether (sulfide) groups is 1. The zero-order valence-electron chi connectivity index (χ0n) is 70.4. The molecule has 0 saturated carbocycles. The number of aliphatic hydroxyl groups excluding tert-OH is 5. The number of aromatic hydroxyl groups is 3. The Bertz CT molecular complexity index is 5980. The monoisotopic (exact) mass is 1990 g/mol. The van der Waals surface area contributed by atoms with Crippen molar-refractivity contribution in [2.75, 3.05) is 12.8 Å². The predicted molar refractivity (Wildman–Crippen MR) is 488 cm³/mol. The Morgan fingerprint density at radius 3 is 1.87 bits per heavy atom. The summed E-state index contributed by atoms with van der Waals surface area (Å²) >= 11 is 23.9. The molecule has 11 bridgehead atoms. The number of nitrogens with zero attached hydrogens (tertiary/aromatic N) is 1. The fourth-order valence-electron chi connectivity index (χ4n) is 16.2. The van der Waals surface area contributed by atoms with Gasteiger partial charge in [-0.3, -0.25) is 38.9 Å². The van der Waals surface area contributed by atoms with E-state index in [2.05, 4.69) is 65.1 Å². The van der Waals surface area contributed by atoms with Gasteiger partial charge >= 0.3 is 5.97 Å². The molecule has 690 valence electrons. The van der Waals surface area contributed by atoms with E-state index >= 15 is 24.0 Å². The van der Waals surface area contributed by atoms with Gasteiger partial charge in [0.2, 0.25) is 53.4 Å². The molecule has 132 heavy (non-hydrogen) atoms. The number of hydrogen-bond acceptors (Lipinski definition) is 27. The third-order valence-electron chi connectivity index (χ3n) is 23.0. The number of halogens is 4. The van der Waals surface area contributed by atoms with Crippen LogP contribution in [0, 0.1) is 5.92 Å². The SMILES string of the molecule is CN[C@@H](CC(C)C)C(=O)NC1C(=O)NC(CC(N)=O)C(=O)NC2C(=O)NC3C(=O)N[C@H](C(=O)NC(C(=O)O)c4cc(O)cc(O)c4-c4cc3ccc4O)[C@H](O)c3ccc(c(Cl)c3)Oc3cc2cc(c3OC2OC(CSc3nc(-c4ccccc4)c(-c4ccccc4)o3)C(O)C(O)C2OC2CC(I)(NCc3ccc(-c4ccc(Cl)cc4)cc3)C(O)C(C)O2)Oc2ccc(cc2Cl)C1O. The molecule has 18 atom stereocenters. The van der Waals surface area contributed by atoms with Crippen molar-refractivity contribution in [3.63, 3.8) is 0 Å². The lowest BCUT2D eigenvalue weighted by molar-refractivity contribution is -0.326. The highest BCUT2D eigenvalue weighted by molar-refractivity contribution is 14.1. The number of carboxylic acids is 1. The van der Waals surface area contributed by atoms with E-state index in [-0.39, 0.29) is 63.7 Å². The second-order valence-corrected chi connectivity index (χ2v) is 36.8. The van der Waals surface area contributed by atoms with Crippen molar-refractivity contribution in [1.82, 2.24) is 47.5 Å². The molecule has 2 saturated heterocycles. The molecule has 7 aliphatic heterocycles. The highest BCUT2D eigenvalue weighted by atomic mass is 127. The number of amides is 7. The largest absolute Gasteiger partial charge is 0.508 e. The molecule has 17 rings (SSSR count). The second kappa shape index (κ2) is 40.4. The van der Waals surface area contributed by atoms with Gasteiger partial charge in [0.05, 0.1) is 34.7 Å². The smallest absolute Gasteiger partial charge is 0.330 e. The van der Waals surface area contributed by atoms with E-state index < -0.39 is 229 Å². The minimum Gasteiger partial charge on any atom is -0.508 e. The van der Waals surface area contributed by atoms with Gasteiger partial charge in [0.25, 0.3) is 5.22 Å². The summed E-state index contributed by atoms with van der Waals surface area (Å²) in [5.41, 5.74) is 7.45. The van der Waals surface area contributed by atoms with Gasteiger partial charge in [-0.1, -0.05) is 198 Å². The molecule has 7 amide bonds. The molecule has 15 unspecified atom stereocenters. The van der Waals surface area contributed by atoms with Crippen LogP contribution in [0.25, 0.3) is 44.8 Å². The van der Waals surface area contributed by atoms with Crippen LogP contribution in [0.5, 0.6) is 46.0 Å². The summed E-state index contributed by atoms with van der Waals surface area (Å²) in [5.74, 6) is -15.9. The Kier molecular flexibility index (Phi) is 29.1. The van der Waals surface area contributed by atoms with Crippen LogP contribution in [0.4, 0.5) is 0 Å². The standard InChI is InChI=1S/C93H90Cl3IN10O24S/c1-41(2)29-58(99-4)84(117)105-74-76(112)49-22-27-62(56(95)31-49)126-64-33-51-34-65(127-63-28-23-50(32-57(63)96)77(113)75-89(122)104-73(90(123)124)55-35-53(108)36-61(110)69(55)54-30-48(21-26-60(54)109)71(86(119)106-75)103-87(120)72(51)102-85(118)59(37-67(98)111)101-88(74)121)81(64)130-91-82(129-68-38-93(97,83(116)42(3)125-68)100-39-43-15-17-44(18-16-43)45-19-24-52(94)25-20-45)79(115)78(114)66(128-91)40-132-92-107-70(46-11-7-5-8-12-46)80(131-92)47-13-9-6-10-14-47/h5-28,30-36,41-42,58-59,66,68,71-79,82-83,91,99-100,108-110,112-116H,29,37-40H2,1-4H3,(H2,98,111)(H,101,121)(H,102,118)(H,103,120)(H,104,122)(H,105,117)(H,106,119)(H,123,124)/t42?,58-,59?,66?,68?,71?,72?,73?,74?,75-,76?,77+,78?,79?,82?,83?,91?,93?/m0/s1. The first-order chi connectivity index (χ1) is 63.1. The van der Waals surface area contributed by atoms with Crippen LogP contribution in [-0.2, 0) is 59.1 Å². The third kappa shape index (κ3) is 20.9. The number of phenols is 3. The molecule has 39 heteroatoms. The number of likely N-dealkylation sites (N-methyl/N-ethyl adjacent to an activating group) is 1. The number of rotatable bonds is 21. The Labute approximate surface area is 786 Å². The summed E-state index contributed by atoms with van der Waals surface area (Å²) in [7, 11) is 1.48. The van der Waals surface area contributed by atoms with Crippen molar-refractivity contribution in [3.8, 4) is 90.8 Å². The van der Waals surface area contributed by atoms with Gasteiger partial charge < -0.3 is 122 Å². The molecule has 0 spiro atoms. The summed E-state index contributed by atoms with van der Waals surface area (Å²) in [6, 6.07) is 32.9. The summed E-state index contributed by atoms with van der Waals surface area (Å²) < 4.78 is 46.5. The Morgan fingerprint density at radius 1 is 0.644 bits per heavy atom. The quantitative estimate of drug-likeness (QED) is 0.0138. The first-order valence-electron chi connectivity index (χ1n) is 41.7. The number of oxazole rings is 1. The van der Waals surface area contributed by atoms with Gasteiger partial charge in [0, 0.05) is 57.6 Å². The number of phenolic OH excluding ortho intramolecular Hbond substituents is 3. The average Bonchev–Trinajstić information content (AvgIpc) is 0.853. The van der Waals surface area contributed by atoms with Gasteiger partial charge in [-0.15, -0.1) is 0 Å². The highest BCUT2D eigenvalue weighted by Gasteiger charge is 2.53. The molecule has 7 aliphatic rings. The van der Waals surface area contributed by atoms with E-state index in [1.165, 1.54) is 25.2 Å². The first kappa shape index (κ1) is 94.9. The van der Waals surface area contributed by atoms with Crippen LogP contribution < -0.4 is 62.5 Å². The lowest BCUT2D eigenvalue weighted by atomic mass is 9.89. The van der Waals surface area contributed by atoms with Gasteiger partial charge in [0.15, 0.2) is 35.7 Å². The number of hydrogen-bond donors (Lipinski definition) is 18. The van der Waals surface area contributed by atoms with Crippen molar-refractivity contribution in [3.05, 3.63) is 237 Å². The third-order valence-corrected chi connectivity index (χ3v) is 26.2. The molecule has 10 aromatic rings. The number of carboxylic acid groups (broad SMARTS) is 1. The zero-order valence-corrected chi connectivity index (χ0v) is 75.7. The van der Waals surface area contributed by atoms with Crippen molar-refractivity contribution >= 4 is 116 Å². The number of nitrogens with two attached hydrogens (primary N) is 1. The first-order valence-corrected chi connectivity index (χ1v) is 44.9. The maximum atomic E-state index is 16.5. The van der Waals surface area contributed by atoms with E-state index in [9.17, 15) is 60.3 Å². The molecule has 2 fully saturated rings. The molecular formula is C93H90Cl3IN10O24S. The van der Waals surface area contributed by atoms with Crippen LogP contribution in [0.1, 0.15) is 104 Å². The van der Waals surface area contributed by atoms with E-state index in [0.717, 1.165) is 89.1 Å². The van der Waals surface area contributed by atoms with Crippen LogP contribution in [0.2, 0.25) is 15.1 Å². The number of carbonyl (C=O) groups is 8. The number of ether oxygens (including phenoxy) is 6. The van der Waals surface area contributed by atoms with E-state index in [0.29, 0.717) is 27.6 Å². The van der Waals surface area contributed by atoms with Crippen molar-refractivity contribution in [2.24, 2.45) is 11.7 Å². The van der Waals surface area contributed by atoms with Crippen LogP contribution >= 0.6 is 69.2 Å². The molecule has 19 N–H and O–H groups in total. The van der Waals surface area contributed by atoms with Gasteiger partial charge in [-0.25, -0.2) is 9.78 Å². The molecule has 0 radical (unpaired) electrons. The minimum absolute atomic E-state index is 0.0796. The minimum atomic E-state index is -2.38. The lowest BCUT2D eigenvalue weighted by Gasteiger charge is -2.47. The molecule has 9 aromatic carbocycles. The number of aromatic nitrogens is 1. The summed E-state index contributed by atoms with van der Waals surface area (Å²) in [6.45, 7) is 5.44. The van der Waals surface area contributed by atoms with Gasteiger partial charge in [-0.2, -0.15) is 0 Å². The maximum absolute atomic E-state index is 16.5. The number of primary amides is 1. The Balaban J connectivity index is 0.912. The van der Waals surface area contributed by atoms with E-state index in [1.807, 2.05) is 111 Å². The summed E-state index contributed by atoms with van der Waals surface area (Å²) in [4.78, 5) is 125. The van der Waals surface area contributed by atoms with Crippen molar-refractivity contribution in [2.45, 2.75) is 159 Å². The summed E-state index contributed by atoms with van der Waals surface area (Å²) in [5, 5.41) is 130. The number of alkyl halides is 1. The van der Waals surface area contributed by atoms with Crippen molar-refractivity contribution in [1.29, 1.82) is 0 Å². The van der Waals surface area contributed by atoms with Crippen LogP contribution in [0.15, 0.2) is 198 Å². The average molecular weight is 2000 g/mol. The van der Waals surface area contributed by atoms with Crippen LogP contribution in [0.3, 0.4) is 0 Å². The summed E-state index contributed by atoms with van der Waals surface area (Å²) in [6.07, 6.45) is -18.6. The number of aliphatic carboxylic acids is 1. The number of carbonyl (C=O) groups excluding carboxylic acids is 7. The Hall–Kier alpha value is -11.7. The fourth-order valence-corrected chi connectivity index (χ4v) is 18.7. The van der Waals surface area contributed by atoms with E-state index in [1.54, 1.807) is 19.1 Å². The molecular weight excluding hydrogens is 1910 g/mol. The lowest BCUT2D eigenvalue weighted by Crippen LogP contribution is -2.64. The normalized spacial score (nSPS) is 25.2. The second-order valence-electron chi connectivity index (χ2n) is 32.6. The molecule has 34 nitrogen and oxygen atoms in total. The molecule has 1 aromatic heterocycles. The van der Waals surface area contributed by atoms with Crippen molar-refractivity contribution < 1.29 is 117 Å². The number of fused-ring (bicyclic) bond motifs is 15. The van der Waals surface area contributed by atoms with Gasteiger partial charge in [0.1, 0.15) is 98.7 Å². The number of aliphatic hydroxyl groups is 5. The molecule has 8 heterocycles. The van der Waals surface area contributed by atoms with E-state index in [4.69, 9.17) is 78.4 Å². The number of benzene rings is 9. The van der Waals surface area contributed by atoms with Crippen LogP contribution in [-0.4, -0.2) is 188 Å². The molecule has 0 aliphatic carbocycles. The maximum Gasteiger partial charge on any atom is 0.330 e. The number of nitrogens with one attached hydrogen (secondary N) is 8. The Morgan fingerprint density at radius 2 is 1.25 bits per heavy atom.